The van der Waals surface area contributed by atoms with Gasteiger partial charge in [-0.25, -0.2) is 12.8 Å². The van der Waals surface area contributed by atoms with Gasteiger partial charge in [0.15, 0.2) is 0 Å². The van der Waals surface area contributed by atoms with Crippen molar-refractivity contribution in [2.24, 2.45) is 0 Å². The molecule has 29 heavy (non-hydrogen) atoms. The molecule has 1 aromatic heterocycles. The first-order valence-corrected chi connectivity index (χ1v) is 10.8. The molecule has 3 aromatic rings. The zero-order valence-corrected chi connectivity index (χ0v) is 16.9. The molecule has 4 rings (SSSR count). The number of halogens is 1. The summed E-state index contributed by atoms with van der Waals surface area (Å²) in [6, 6.07) is 9.53. The van der Waals surface area contributed by atoms with Crippen molar-refractivity contribution in [1.82, 2.24) is 10.2 Å². The lowest BCUT2D eigenvalue weighted by Crippen LogP contribution is -2.38. The van der Waals surface area contributed by atoms with Gasteiger partial charge in [-0.3, -0.25) is 4.79 Å². The number of furan rings is 1. The summed E-state index contributed by atoms with van der Waals surface area (Å²) in [6.07, 6.45) is 0.749. The summed E-state index contributed by atoms with van der Waals surface area (Å²) in [7, 11) is -2.14. The average molecular weight is 416 g/mol. The Bertz CT molecular complexity index is 1200. The number of hydrogen-bond donors (Lipinski definition) is 1. The van der Waals surface area contributed by atoms with E-state index in [-0.39, 0.29) is 21.7 Å². The molecule has 1 N–H and O–H groups in total. The number of carbonyl (C=O) groups is 1. The molecule has 1 aliphatic heterocycles. The second kappa shape index (κ2) is 7.27. The SMILES string of the molecule is CC(=O)N(C)CC1NCCc2c1oc1cc(S(=O)(=O)c3cccc(F)c3)ccc21. The van der Waals surface area contributed by atoms with Gasteiger partial charge in [0.1, 0.15) is 17.2 Å². The second-order valence-corrected chi connectivity index (χ2v) is 9.17. The van der Waals surface area contributed by atoms with Crippen molar-refractivity contribution in [2.45, 2.75) is 29.2 Å². The van der Waals surface area contributed by atoms with Crippen molar-refractivity contribution in [3.05, 3.63) is 59.6 Å². The number of benzene rings is 2. The van der Waals surface area contributed by atoms with Gasteiger partial charge < -0.3 is 14.6 Å². The summed E-state index contributed by atoms with van der Waals surface area (Å²) < 4.78 is 45.3. The van der Waals surface area contributed by atoms with E-state index in [4.69, 9.17) is 4.42 Å². The summed E-state index contributed by atoms with van der Waals surface area (Å²) >= 11 is 0. The molecule has 8 heteroatoms. The molecule has 2 heterocycles. The highest BCUT2D eigenvalue weighted by atomic mass is 32.2. The number of sulfone groups is 1. The monoisotopic (exact) mass is 416 g/mol. The first-order valence-electron chi connectivity index (χ1n) is 9.28. The molecule has 1 atom stereocenters. The normalized spacial score (nSPS) is 16.6. The van der Waals surface area contributed by atoms with Crippen molar-refractivity contribution in [3.63, 3.8) is 0 Å². The molecule has 2 aromatic carbocycles. The molecule has 0 saturated carbocycles. The molecule has 1 amide bonds. The molecule has 0 bridgehead atoms. The van der Waals surface area contributed by atoms with Crippen LogP contribution in [0.5, 0.6) is 0 Å². The van der Waals surface area contributed by atoms with Crippen LogP contribution in [0.4, 0.5) is 4.39 Å². The maximum absolute atomic E-state index is 13.5. The number of hydrogen-bond acceptors (Lipinski definition) is 5. The molecule has 1 unspecified atom stereocenters. The third-order valence-corrected chi connectivity index (χ3v) is 7.04. The Kier molecular flexibility index (Phi) is 4.92. The average Bonchev–Trinajstić information content (AvgIpc) is 3.07. The van der Waals surface area contributed by atoms with E-state index >= 15 is 0 Å². The van der Waals surface area contributed by atoms with Crippen LogP contribution in [-0.4, -0.2) is 39.4 Å². The van der Waals surface area contributed by atoms with Crippen molar-refractivity contribution < 1.29 is 22.0 Å². The summed E-state index contributed by atoms with van der Waals surface area (Å²) in [4.78, 5) is 13.1. The van der Waals surface area contributed by atoms with Gasteiger partial charge >= 0.3 is 0 Å². The van der Waals surface area contributed by atoms with E-state index in [2.05, 4.69) is 5.32 Å². The van der Waals surface area contributed by atoms with Crippen molar-refractivity contribution in [2.75, 3.05) is 20.1 Å². The molecule has 0 spiro atoms. The fourth-order valence-corrected chi connectivity index (χ4v) is 4.95. The second-order valence-electron chi connectivity index (χ2n) is 7.22. The number of carbonyl (C=O) groups excluding carboxylic acids is 1. The van der Waals surface area contributed by atoms with Gasteiger partial charge in [-0.2, -0.15) is 0 Å². The third-order valence-electron chi connectivity index (χ3n) is 5.29. The van der Waals surface area contributed by atoms with Crippen LogP contribution in [0.25, 0.3) is 11.0 Å². The molecule has 0 aliphatic carbocycles. The predicted molar refractivity (Wildman–Crippen MR) is 106 cm³/mol. The molecule has 1 aliphatic rings. The summed E-state index contributed by atoms with van der Waals surface area (Å²) in [5.41, 5.74) is 1.49. The minimum Gasteiger partial charge on any atom is -0.459 e. The van der Waals surface area contributed by atoms with Gasteiger partial charge in [0.2, 0.25) is 15.7 Å². The Balaban J connectivity index is 1.75. The molecule has 152 valence electrons. The molecular formula is C21H21FN2O4S. The maximum Gasteiger partial charge on any atom is 0.219 e. The van der Waals surface area contributed by atoms with Gasteiger partial charge in [0.05, 0.1) is 15.8 Å². The highest BCUT2D eigenvalue weighted by Gasteiger charge is 2.28. The minimum absolute atomic E-state index is 0.0430. The summed E-state index contributed by atoms with van der Waals surface area (Å²) in [5, 5.41) is 4.21. The number of rotatable bonds is 4. The minimum atomic E-state index is -3.87. The number of fused-ring (bicyclic) bond motifs is 3. The van der Waals surface area contributed by atoms with E-state index in [1.54, 1.807) is 18.0 Å². The Morgan fingerprint density at radius 3 is 2.72 bits per heavy atom. The number of amides is 1. The Labute approximate surface area is 168 Å². The topological polar surface area (TPSA) is 79.6 Å². The highest BCUT2D eigenvalue weighted by Crippen LogP contribution is 2.35. The van der Waals surface area contributed by atoms with Gasteiger partial charge in [0.25, 0.3) is 0 Å². The lowest BCUT2D eigenvalue weighted by atomic mass is 9.99. The Morgan fingerprint density at radius 2 is 2.00 bits per heavy atom. The van der Waals surface area contributed by atoms with E-state index in [9.17, 15) is 17.6 Å². The first kappa shape index (κ1) is 19.6. The van der Waals surface area contributed by atoms with Crippen LogP contribution in [0, 0.1) is 5.82 Å². The lowest BCUT2D eigenvalue weighted by molar-refractivity contribution is -0.127. The standard InChI is InChI=1S/C21H21FN2O4S/c1-13(25)24(2)12-19-21-18(8-9-23-19)17-7-6-16(11-20(17)28-21)29(26,27)15-5-3-4-14(22)10-15/h3-7,10-11,19,23H,8-9,12H2,1-2H3. The van der Waals surface area contributed by atoms with Gasteiger partial charge in [-0.05, 0) is 36.8 Å². The zero-order valence-electron chi connectivity index (χ0n) is 16.1. The zero-order chi connectivity index (χ0) is 20.8. The van der Waals surface area contributed by atoms with Crippen LogP contribution in [0.1, 0.15) is 24.3 Å². The fraction of sp³-hybridized carbons (Fsp3) is 0.286. The smallest absolute Gasteiger partial charge is 0.219 e. The van der Waals surface area contributed by atoms with Crippen molar-refractivity contribution in [3.8, 4) is 0 Å². The number of nitrogens with zero attached hydrogens (tertiary/aromatic N) is 1. The van der Waals surface area contributed by atoms with Crippen molar-refractivity contribution in [1.29, 1.82) is 0 Å². The summed E-state index contributed by atoms with van der Waals surface area (Å²) in [5.74, 6) is 0.0716. The number of nitrogens with one attached hydrogen (secondary N) is 1. The summed E-state index contributed by atoms with van der Waals surface area (Å²) in [6.45, 7) is 2.70. The van der Waals surface area contributed by atoms with E-state index in [1.165, 1.54) is 37.3 Å². The van der Waals surface area contributed by atoms with E-state index < -0.39 is 15.7 Å². The van der Waals surface area contributed by atoms with E-state index in [0.717, 1.165) is 35.7 Å². The van der Waals surface area contributed by atoms with E-state index in [1.807, 2.05) is 0 Å². The lowest BCUT2D eigenvalue weighted by Gasteiger charge is -2.26. The van der Waals surface area contributed by atoms with Gasteiger partial charge in [-0.1, -0.05) is 6.07 Å². The molecular weight excluding hydrogens is 395 g/mol. The van der Waals surface area contributed by atoms with Crippen LogP contribution in [0.2, 0.25) is 0 Å². The Morgan fingerprint density at radius 1 is 1.24 bits per heavy atom. The van der Waals surface area contributed by atoms with Gasteiger partial charge in [-0.15, -0.1) is 0 Å². The van der Waals surface area contributed by atoms with Crippen molar-refractivity contribution >= 4 is 26.7 Å². The third kappa shape index (κ3) is 3.54. The molecule has 6 nitrogen and oxygen atoms in total. The molecule has 0 radical (unpaired) electrons. The number of likely N-dealkylation sites (N-methyl/N-ethyl adjacent to an activating group) is 1. The first-order chi connectivity index (χ1) is 13.8. The largest absolute Gasteiger partial charge is 0.459 e. The Hall–Kier alpha value is -2.71. The molecule has 0 saturated heterocycles. The molecule has 0 fully saturated rings. The van der Waals surface area contributed by atoms with Gasteiger partial charge in [0, 0.05) is 44.1 Å². The highest BCUT2D eigenvalue weighted by molar-refractivity contribution is 7.91. The quantitative estimate of drug-likeness (QED) is 0.707. The maximum atomic E-state index is 13.5. The van der Waals surface area contributed by atoms with Crippen LogP contribution < -0.4 is 5.32 Å². The van der Waals surface area contributed by atoms with Crippen LogP contribution in [-0.2, 0) is 21.1 Å². The fourth-order valence-electron chi connectivity index (χ4n) is 3.64. The van der Waals surface area contributed by atoms with E-state index in [0.29, 0.717) is 12.1 Å². The van der Waals surface area contributed by atoms with Crippen LogP contribution >= 0.6 is 0 Å². The predicted octanol–water partition coefficient (Wildman–Crippen LogP) is 3.07. The van der Waals surface area contributed by atoms with Crippen LogP contribution in [0.15, 0.2) is 56.7 Å². The van der Waals surface area contributed by atoms with Crippen LogP contribution in [0.3, 0.4) is 0 Å².